The molecule has 2 rings (SSSR count). The van der Waals surface area contributed by atoms with Crippen LogP contribution >= 0.6 is 15.9 Å². The molecule has 1 N–H and O–H groups in total. The van der Waals surface area contributed by atoms with Gasteiger partial charge in [0.25, 0.3) is 0 Å². The summed E-state index contributed by atoms with van der Waals surface area (Å²) in [5, 5.41) is 3.38. The van der Waals surface area contributed by atoms with Gasteiger partial charge in [-0.3, -0.25) is 0 Å². The van der Waals surface area contributed by atoms with Crippen LogP contribution in [0.1, 0.15) is 24.6 Å². The van der Waals surface area contributed by atoms with Crippen LogP contribution in [0.4, 0.5) is 5.82 Å². The Balaban J connectivity index is 2.38. The summed E-state index contributed by atoms with van der Waals surface area (Å²) >= 11 is 3.39. The Labute approximate surface area is 105 Å². The van der Waals surface area contributed by atoms with E-state index in [1.807, 2.05) is 0 Å². The number of anilines is 1. The van der Waals surface area contributed by atoms with Gasteiger partial charge in [0.2, 0.25) is 0 Å². The van der Waals surface area contributed by atoms with Crippen LogP contribution in [0.5, 0.6) is 0 Å². The molecular weight excluding hydrogens is 268 g/mol. The first kappa shape index (κ1) is 11.8. The average molecular weight is 285 g/mol. The van der Waals surface area contributed by atoms with Gasteiger partial charge in [-0.1, -0.05) is 6.92 Å². The number of aromatic nitrogens is 2. The van der Waals surface area contributed by atoms with Gasteiger partial charge < -0.3 is 10.2 Å². The van der Waals surface area contributed by atoms with Gasteiger partial charge in [0.05, 0.1) is 5.69 Å². The van der Waals surface area contributed by atoms with Crippen molar-refractivity contribution in [2.24, 2.45) is 0 Å². The third kappa shape index (κ3) is 2.35. The summed E-state index contributed by atoms with van der Waals surface area (Å²) in [4.78, 5) is 11.2. The van der Waals surface area contributed by atoms with Crippen molar-refractivity contribution in [3.05, 3.63) is 16.0 Å². The molecule has 2 heterocycles. The number of hydrogen-bond acceptors (Lipinski definition) is 4. The lowest BCUT2D eigenvalue weighted by atomic mass is 10.1. The Kier molecular flexibility index (Phi) is 3.76. The van der Waals surface area contributed by atoms with Gasteiger partial charge in [0.15, 0.2) is 4.73 Å². The average Bonchev–Trinajstić information content (AvgIpc) is 2.28. The van der Waals surface area contributed by atoms with Crippen molar-refractivity contribution in [1.82, 2.24) is 15.3 Å². The van der Waals surface area contributed by atoms with Crippen molar-refractivity contribution in [3.63, 3.8) is 0 Å². The summed E-state index contributed by atoms with van der Waals surface area (Å²) < 4.78 is 0.700. The van der Waals surface area contributed by atoms with Crippen molar-refractivity contribution >= 4 is 21.7 Å². The number of rotatable bonds is 3. The molecule has 0 aliphatic carbocycles. The predicted octanol–water partition coefficient (Wildman–Crippen LogP) is 1.73. The van der Waals surface area contributed by atoms with E-state index < -0.39 is 0 Å². The van der Waals surface area contributed by atoms with Crippen LogP contribution in [0.25, 0.3) is 0 Å². The topological polar surface area (TPSA) is 41.1 Å². The fourth-order valence-corrected chi connectivity index (χ4v) is 2.43. The van der Waals surface area contributed by atoms with Gasteiger partial charge in [-0.25, -0.2) is 9.97 Å². The molecule has 0 bridgehead atoms. The maximum absolute atomic E-state index is 4.50. The molecule has 5 heteroatoms. The molecule has 0 spiro atoms. The highest BCUT2D eigenvalue weighted by atomic mass is 79.9. The molecule has 1 aromatic rings. The molecular formula is C11H17BrN4. The largest absolute Gasteiger partial charge is 0.359 e. The van der Waals surface area contributed by atoms with Gasteiger partial charge in [-0.2, -0.15) is 0 Å². The SMILES string of the molecule is CCCN(C)c1nc(Br)nc2c1CNCC2. The van der Waals surface area contributed by atoms with E-state index in [0.717, 1.165) is 38.3 Å². The second-order valence-corrected chi connectivity index (χ2v) is 4.80. The number of halogens is 1. The van der Waals surface area contributed by atoms with E-state index in [9.17, 15) is 0 Å². The Morgan fingerprint density at radius 3 is 3.00 bits per heavy atom. The number of nitrogens with zero attached hydrogens (tertiary/aromatic N) is 3. The molecule has 0 saturated carbocycles. The molecule has 0 amide bonds. The highest BCUT2D eigenvalue weighted by molar-refractivity contribution is 9.10. The zero-order chi connectivity index (χ0) is 11.5. The van der Waals surface area contributed by atoms with E-state index in [1.165, 1.54) is 11.3 Å². The summed E-state index contributed by atoms with van der Waals surface area (Å²) in [5.41, 5.74) is 2.43. The summed E-state index contributed by atoms with van der Waals surface area (Å²) in [6.45, 7) is 5.09. The molecule has 0 saturated heterocycles. The van der Waals surface area contributed by atoms with Gasteiger partial charge in [0.1, 0.15) is 5.82 Å². The molecule has 88 valence electrons. The number of hydrogen-bond donors (Lipinski definition) is 1. The summed E-state index contributed by atoms with van der Waals surface area (Å²) in [5.74, 6) is 1.06. The van der Waals surface area contributed by atoms with E-state index in [2.05, 4.69) is 50.1 Å². The van der Waals surface area contributed by atoms with Crippen LogP contribution < -0.4 is 10.2 Å². The Morgan fingerprint density at radius 2 is 2.25 bits per heavy atom. The number of nitrogens with one attached hydrogen (secondary N) is 1. The second-order valence-electron chi connectivity index (χ2n) is 4.09. The monoisotopic (exact) mass is 284 g/mol. The van der Waals surface area contributed by atoms with E-state index in [4.69, 9.17) is 0 Å². The standard InChI is InChI=1S/C11H17BrN4/c1-3-6-16(2)10-8-7-13-5-4-9(8)14-11(12)15-10/h13H,3-7H2,1-2H3. The normalized spacial score (nSPS) is 14.7. The molecule has 0 atom stereocenters. The molecule has 0 aromatic carbocycles. The Morgan fingerprint density at radius 1 is 1.44 bits per heavy atom. The first-order valence-electron chi connectivity index (χ1n) is 5.69. The molecule has 4 nitrogen and oxygen atoms in total. The highest BCUT2D eigenvalue weighted by Gasteiger charge is 2.18. The molecule has 1 aliphatic rings. The van der Waals surface area contributed by atoms with Crippen LogP contribution in [-0.4, -0.2) is 30.1 Å². The van der Waals surface area contributed by atoms with Crippen molar-refractivity contribution in [2.45, 2.75) is 26.3 Å². The van der Waals surface area contributed by atoms with E-state index in [1.54, 1.807) is 0 Å². The fourth-order valence-electron chi connectivity index (χ4n) is 2.05. The molecule has 16 heavy (non-hydrogen) atoms. The smallest absolute Gasteiger partial charge is 0.198 e. The van der Waals surface area contributed by atoms with Crippen molar-refractivity contribution in [3.8, 4) is 0 Å². The highest BCUT2D eigenvalue weighted by Crippen LogP contribution is 2.24. The van der Waals surface area contributed by atoms with Crippen LogP contribution in [0.15, 0.2) is 4.73 Å². The molecule has 1 aliphatic heterocycles. The zero-order valence-electron chi connectivity index (χ0n) is 9.76. The minimum atomic E-state index is 0.700. The van der Waals surface area contributed by atoms with Crippen LogP contribution in [0, 0.1) is 0 Å². The van der Waals surface area contributed by atoms with Crippen LogP contribution in [-0.2, 0) is 13.0 Å². The van der Waals surface area contributed by atoms with Crippen molar-refractivity contribution < 1.29 is 0 Å². The molecule has 0 unspecified atom stereocenters. The van der Waals surface area contributed by atoms with Gasteiger partial charge >= 0.3 is 0 Å². The van der Waals surface area contributed by atoms with Gasteiger partial charge in [0, 0.05) is 38.7 Å². The van der Waals surface area contributed by atoms with E-state index in [0.29, 0.717) is 4.73 Å². The zero-order valence-corrected chi connectivity index (χ0v) is 11.3. The van der Waals surface area contributed by atoms with Gasteiger partial charge in [-0.05, 0) is 22.4 Å². The summed E-state index contributed by atoms with van der Waals surface area (Å²) in [6, 6.07) is 0. The Hall–Kier alpha value is -0.680. The van der Waals surface area contributed by atoms with Crippen molar-refractivity contribution in [1.29, 1.82) is 0 Å². The lowest BCUT2D eigenvalue weighted by Crippen LogP contribution is -2.29. The van der Waals surface area contributed by atoms with E-state index in [-0.39, 0.29) is 0 Å². The maximum atomic E-state index is 4.50. The molecule has 0 fully saturated rings. The summed E-state index contributed by atoms with van der Waals surface area (Å²) in [6.07, 6.45) is 2.11. The van der Waals surface area contributed by atoms with Crippen LogP contribution in [0.2, 0.25) is 0 Å². The lowest BCUT2D eigenvalue weighted by Gasteiger charge is -2.25. The van der Waals surface area contributed by atoms with E-state index >= 15 is 0 Å². The third-order valence-electron chi connectivity index (χ3n) is 2.80. The predicted molar refractivity (Wildman–Crippen MR) is 68.7 cm³/mol. The first-order valence-corrected chi connectivity index (χ1v) is 6.48. The van der Waals surface area contributed by atoms with Gasteiger partial charge in [-0.15, -0.1) is 0 Å². The third-order valence-corrected chi connectivity index (χ3v) is 3.16. The minimum Gasteiger partial charge on any atom is -0.359 e. The Bertz CT molecular complexity index is 380. The lowest BCUT2D eigenvalue weighted by molar-refractivity contribution is 0.620. The molecule has 0 radical (unpaired) electrons. The minimum absolute atomic E-state index is 0.700. The van der Waals surface area contributed by atoms with Crippen molar-refractivity contribution in [2.75, 3.05) is 25.0 Å². The van der Waals surface area contributed by atoms with Crippen LogP contribution in [0.3, 0.4) is 0 Å². The maximum Gasteiger partial charge on any atom is 0.198 e. The molecule has 1 aromatic heterocycles. The first-order chi connectivity index (χ1) is 7.72. The second kappa shape index (κ2) is 5.10. The fraction of sp³-hybridized carbons (Fsp3) is 0.636. The quantitative estimate of drug-likeness (QED) is 0.859. The summed E-state index contributed by atoms with van der Waals surface area (Å²) in [7, 11) is 2.09. The number of fused-ring (bicyclic) bond motifs is 1.